The van der Waals surface area contributed by atoms with E-state index in [2.05, 4.69) is 15.9 Å². The Balaban J connectivity index is 2.25. The number of hydrogen-bond donors (Lipinski definition) is 0. The van der Waals surface area contributed by atoms with E-state index in [0.29, 0.717) is 0 Å². The van der Waals surface area contributed by atoms with Crippen molar-refractivity contribution in [1.29, 1.82) is 0 Å². The molecule has 0 atom stereocenters. The molecule has 14 heavy (non-hydrogen) atoms. The monoisotopic (exact) mass is 253 g/mol. The Kier molecular flexibility index (Phi) is 2.68. The average Bonchev–Trinajstić information content (AvgIpc) is 2.62. The van der Waals surface area contributed by atoms with Crippen LogP contribution < -0.4 is 0 Å². The van der Waals surface area contributed by atoms with Crippen LogP contribution in [0.2, 0.25) is 0 Å². The van der Waals surface area contributed by atoms with Gasteiger partial charge >= 0.3 is 0 Å². The molecule has 0 radical (unpaired) electrons. The van der Waals surface area contributed by atoms with Crippen molar-refractivity contribution in [1.82, 2.24) is 4.57 Å². The lowest BCUT2D eigenvalue weighted by molar-refractivity contribution is 0.625. The molecule has 0 fully saturated rings. The standard InChI is InChI=1S/C11H9BrFN/c12-11-7-10(13)4-3-9(11)8-14-5-1-2-6-14/h1-7H,8H2. The maximum Gasteiger partial charge on any atom is 0.124 e. The van der Waals surface area contributed by atoms with Crippen LogP contribution in [-0.4, -0.2) is 4.57 Å². The Morgan fingerprint density at radius 1 is 1.21 bits per heavy atom. The van der Waals surface area contributed by atoms with Crippen molar-refractivity contribution in [2.45, 2.75) is 6.54 Å². The third-order valence-electron chi connectivity index (χ3n) is 2.03. The summed E-state index contributed by atoms with van der Waals surface area (Å²) in [6.07, 6.45) is 3.96. The summed E-state index contributed by atoms with van der Waals surface area (Å²) in [5, 5.41) is 0. The highest BCUT2D eigenvalue weighted by molar-refractivity contribution is 9.10. The SMILES string of the molecule is Fc1ccc(Cn2cccc2)c(Br)c1. The maximum atomic E-state index is 12.8. The quantitative estimate of drug-likeness (QED) is 0.773. The van der Waals surface area contributed by atoms with Gasteiger partial charge in [0.15, 0.2) is 0 Å². The van der Waals surface area contributed by atoms with Gasteiger partial charge in [-0.3, -0.25) is 0 Å². The molecule has 0 aliphatic rings. The summed E-state index contributed by atoms with van der Waals surface area (Å²) in [5.74, 6) is -0.215. The molecule has 72 valence electrons. The molecule has 0 saturated carbocycles. The van der Waals surface area contributed by atoms with E-state index in [-0.39, 0.29) is 5.82 Å². The minimum absolute atomic E-state index is 0.215. The highest BCUT2D eigenvalue weighted by Gasteiger charge is 2.01. The Morgan fingerprint density at radius 2 is 1.93 bits per heavy atom. The number of nitrogens with zero attached hydrogens (tertiary/aromatic N) is 1. The van der Waals surface area contributed by atoms with Gasteiger partial charge in [-0.15, -0.1) is 0 Å². The number of aromatic nitrogens is 1. The molecule has 0 spiro atoms. The summed E-state index contributed by atoms with van der Waals surface area (Å²) in [5.41, 5.74) is 1.07. The molecule has 0 bridgehead atoms. The molecule has 1 heterocycles. The van der Waals surface area contributed by atoms with Gasteiger partial charge in [0.2, 0.25) is 0 Å². The largest absolute Gasteiger partial charge is 0.350 e. The summed E-state index contributed by atoms with van der Waals surface area (Å²) >= 11 is 3.34. The Labute approximate surface area is 90.3 Å². The second kappa shape index (κ2) is 3.96. The molecule has 0 saturated heterocycles. The number of halogens is 2. The summed E-state index contributed by atoms with van der Waals surface area (Å²) in [4.78, 5) is 0. The van der Waals surface area contributed by atoms with Gasteiger partial charge in [0.05, 0.1) is 0 Å². The lowest BCUT2D eigenvalue weighted by Crippen LogP contribution is -1.97. The summed E-state index contributed by atoms with van der Waals surface area (Å²) in [7, 11) is 0. The van der Waals surface area contributed by atoms with Gasteiger partial charge in [-0.2, -0.15) is 0 Å². The van der Waals surface area contributed by atoms with Crippen LogP contribution in [0.4, 0.5) is 4.39 Å². The van der Waals surface area contributed by atoms with E-state index in [1.54, 1.807) is 6.07 Å². The minimum atomic E-state index is -0.215. The highest BCUT2D eigenvalue weighted by Crippen LogP contribution is 2.18. The first kappa shape index (κ1) is 9.46. The van der Waals surface area contributed by atoms with Gasteiger partial charge in [-0.25, -0.2) is 4.39 Å². The normalized spacial score (nSPS) is 10.4. The lowest BCUT2D eigenvalue weighted by atomic mass is 10.2. The Hall–Kier alpha value is -1.09. The van der Waals surface area contributed by atoms with Gasteiger partial charge in [-0.1, -0.05) is 22.0 Å². The zero-order chi connectivity index (χ0) is 9.97. The van der Waals surface area contributed by atoms with Crippen molar-refractivity contribution < 1.29 is 4.39 Å². The van der Waals surface area contributed by atoms with Gasteiger partial charge < -0.3 is 4.57 Å². The van der Waals surface area contributed by atoms with Crippen LogP contribution in [0, 0.1) is 5.82 Å². The van der Waals surface area contributed by atoms with Gasteiger partial charge in [0, 0.05) is 23.4 Å². The van der Waals surface area contributed by atoms with E-state index >= 15 is 0 Å². The van der Waals surface area contributed by atoms with E-state index in [4.69, 9.17) is 0 Å². The fourth-order valence-electron chi connectivity index (χ4n) is 1.32. The molecular formula is C11H9BrFN. The van der Waals surface area contributed by atoms with Crippen molar-refractivity contribution in [2.24, 2.45) is 0 Å². The summed E-state index contributed by atoms with van der Waals surface area (Å²) < 4.78 is 15.6. The van der Waals surface area contributed by atoms with Crippen molar-refractivity contribution >= 4 is 15.9 Å². The van der Waals surface area contributed by atoms with E-state index in [1.807, 2.05) is 29.1 Å². The third-order valence-corrected chi connectivity index (χ3v) is 2.77. The van der Waals surface area contributed by atoms with Crippen molar-refractivity contribution in [3.05, 3.63) is 58.6 Å². The van der Waals surface area contributed by atoms with Crippen LogP contribution in [0.25, 0.3) is 0 Å². The predicted octanol–water partition coefficient (Wildman–Crippen LogP) is 3.44. The number of rotatable bonds is 2. The Morgan fingerprint density at radius 3 is 2.57 bits per heavy atom. The second-order valence-electron chi connectivity index (χ2n) is 3.09. The lowest BCUT2D eigenvalue weighted by Gasteiger charge is -2.05. The highest BCUT2D eigenvalue weighted by atomic mass is 79.9. The first-order valence-corrected chi connectivity index (χ1v) is 5.10. The third kappa shape index (κ3) is 2.04. The van der Waals surface area contributed by atoms with E-state index in [0.717, 1.165) is 16.6 Å². The van der Waals surface area contributed by atoms with E-state index < -0.39 is 0 Å². The second-order valence-corrected chi connectivity index (χ2v) is 3.95. The summed E-state index contributed by atoms with van der Waals surface area (Å²) in [6, 6.07) is 8.69. The first-order chi connectivity index (χ1) is 6.75. The fourth-order valence-corrected chi connectivity index (χ4v) is 1.80. The molecule has 0 amide bonds. The van der Waals surface area contributed by atoms with E-state index in [9.17, 15) is 4.39 Å². The van der Waals surface area contributed by atoms with Crippen molar-refractivity contribution in [3.8, 4) is 0 Å². The van der Waals surface area contributed by atoms with Crippen LogP contribution in [0.3, 0.4) is 0 Å². The van der Waals surface area contributed by atoms with Crippen LogP contribution in [0.5, 0.6) is 0 Å². The molecule has 1 aromatic heterocycles. The molecule has 2 aromatic rings. The molecule has 0 aliphatic heterocycles. The molecule has 0 N–H and O–H groups in total. The molecule has 0 unspecified atom stereocenters. The topological polar surface area (TPSA) is 4.93 Å². The molecule has 1 nitrogen and oxygen atoms in total. The van der Waals surface area contributed by atoms with Crippen LogP contribution in [0.1, 0.15) is 5.56 Å². The minimum Gasteiger partial charge on any atom is -0.350 e. The van der Waals surface area contributed by atoms with Gasteiger partial charge in [0.25, 0.3) is 0 Å². The zero-order valence-electron chi connectivity index (χ0n) is 7.45. The first-order valence-electron chi connectivity index (χ1n) is 4.30. The molecule has 0 aliphatic carbocycles. The van der Waals surface area contributed by atoms with E-state index in [1.165, 1.54) is 12.1 Å². The van der Waals surface area contributed by atoms with Crippen LogP contribution in [-0.2, 0) is 6.54 Å². The molecule has 3 heteroatoms. The van der Waals surface area contributed by atoms with Crippen molar-refractivity contribution in [2.75, 3.05) is 0 Å². The predicted molar refractivity (Wildman–Crippen MR) is 57.6 cm³/mol. The van der Waals surface area contributed by atoms with Crippen molar-refractivity contribution in [3.63, 3.8) is 0 Å². The number of hydrogen-bond acceptors (Lipinski definition) is 0. The molecule has 1 aromatic carbocycles. The van der Waals surface area contributed by atoms with Gasteiger partial charge in [0.1, 0.15) is 5.82 Å². The molecule has 2 rings (SSSR count). The fraction of sp³-hybridized carbons (Fsp3) is 0.0909. The van der Waals surface area contributed by atoms with Crippen LogP contribution >= 0.6 is 15.9 Å². The zero-order valence-corrected chi connectivity index (χ0v) is 9.04. The maximum absolute atomic E-state index is 12.8. The Bertz CT molecular complexity index is 423. The average molecular weight is 254 g/mol. The molecular weight excluding hydrogens is 245 g/mol. The van der Waals surface area contributed by atoms with Gasteiger partial charge in [-0.05, 0) is 29.8 Å². The number of benzene rings is 1. The smallest absolute Gasteiger partial charge is 0.124 e. The summed E-state index contributed by atoms with van der Waals surface area (Å²) in [6.45, 7) is 0.758. The van der Waals surface area contributed by atoms with Crippen LogP contribution in [0.15, 0.2) is 47.2 Å².